The predicted octanol–water partition coefficient (Wildman–Crippen LogP) is 4.08. The number of hydrogen-bond acceptors (Lipinski definition) is 9. The van der Waals surface area contributed by atoms with Crippen LogP contribution in [0.3, 0.4) is 0 Å². The lowest BCUT2D eigenvalue weighted by molar-refractivity contribution is -0.263. The Morgan fingerprint density at radius 1 is 1.07 bits per heavy atom. The molecule has 0 aromatic heterocycles. The molecule has 0 aromatic carbocycles. The molecule has 2 unspecified atom stereocenters. The quantitative estimate of drug-likeness (QED) is 0.333. The molecule has 0 aliphatic carbocycles. The van der Waals surface area contributed by atoms with Crippen LogP contribution in [0.25, 0.3) is 0 Å². The molecule has 0 bridgehead atoms. The molecule has 3 aliphatic rings. The second-order valence-corrected chi connectivity index (χ2v) is 14.5. The summed E-state index contributed by atoms with van der Waals surface area (Å²) in [5, 5.41) is 0. The third kappa shape index (κ3) is 8.33. The Kier molecular flexibility index (Phi) is 12.5. The van der Waals surface area contributed by atoms with Gasteiger partial charge in [0.25, 0.3) is 0 Å². The van der Waals surface area contributed by atoms with E-state index in [2.05, 4.69) is 63.5 Å². The molecule has 42 heavy (non-hydrogen) atoms. The van der Waals surface area contributed by atoms with E-state index in [0.29, 0.717) is 24.8 Å². The highest BCUT2D eigenvalue weighted by Gasteiger charge is 2.50. The van der Waals surface area contributed by atoms with Crippen LogP contribution in [0.5, 0.6) is 0 Å². The molecule has 0 saturated carbocycles. The number of rotatable bonds is 6. The van der Waals surface area contributed by atoms with Gasteiger partial charge in [-0.1, -0.05) is 20.8 Å². The summed E-state index contributed by atoms with van der Waals surface area (Å²) >= 11 is 0. The number of likely N-dealkylation sites (tertiary alicyclic amines) is 1. The summed E-state index contributed by atoms with van der Waals surface area (Å²) in [6, 6.07) is 0.392. The number of methoxy groups -OCH3 is 1. The van der Waals surface area contributed by atoms with Crippen LogP contribution in [0.2, 0.25) is 0 Å². The highest BCUT2D eigenvalue weighted by atomic mass is 16.7. The van der Waals surface area contributed by atoms with Crippen LogP contribution < -0.4 is 0 Å². The van der Waals surface area contributed by atoms with Crippen molar-refractivity contribution in [2.45, 2.75) is 117 Å². The zero-order valence-corrected chi connectivity index (χ0v) is 28.5. The van der Waals surface area contributed by atoms with E-state index in [1.54, 1.807) is 21.0 Å². The maximum absolute atomic E-state index is 14.2. The van der Waals surface area contributed by atoms with Gasteiger partial charge < -0.3 is 28.7 Å². The van der Waals surface area contributed by atoms with Gasteiger partial charge in [0.15, 0.2) is 12.1 Å². The normalized spacial score (nSPS) is 40.2. The molecule has 3 fully saturated rings. The summed E-state index contributed by atoms with van der Waals surface area (Å²) in [7, 11) is 8.02. The van der Waals surface area contributed by atoms with Gasteiger partial charge in [0, 0.05) is 44.6 Å². The maximum Gasteiger partial charge on any atom is 0.319 e. The maximum atomic E-state index is 14.2. The predicted molar refractivity (Wildman–Crippen MR) is 165 cm³/mol. The minimum Gasteiger partial charge on any atom is -0.463 e. The van der Waals surface area contributed by atoms with Crippen molar-refractivity contribution in [1.82, 2.24) is 14.7 Å². The van der Waals surface area contributed by atoms with Crippen molar-refractivity contribution in [3.8, 4) is 0 Å². The van der Waals surface area contributed by atoms with Gasteiger partial charge in [0.2, 0.25) is 0 Å². The van der Waals surface area contributed by atoms with Gasteiger partial charge in [0.1, 0.15) is 12.0 Å². The zero-order valence-electron chi connectivity index (χ0n) is 28.5. The van der Waals surface area contributed by atoms with E-state index in [0.717, 1.165) is 45.4 Å². The lowest BCUT2D eigenvalue weighted by atomic mass is 9.74. The molecule has 3 rings (SSSR count). The highest BCUT2D eigenvalue weighted by Crippen LogP contribution is 2.38. The number of piperidine rings is 1. The van der Waals surface area contributed by atoms with E-state index >= 15 is 0 Å². The summed E-state index contributed by atoms with van der Waals surface area (Å²) in [5.74, 6) is -0.644. The first-order valence-electron chi connectivity index (χ1n) is 16.3. The summed E-state index contributed by atoms with van der Waals surface area (Å²) in [6.45, 7) is 18.1. The van der Waals surface area contributed by atoms with Gasteiger partial charge >= 0.3 is 5.97 Å². The van der Waals surface area contributed by atoms with Crippen molar-refractivity contribution in [1.29, 1.82) is 0 Å². The first-order chi connectivity index (χ1) is 19.6. The fourth-order valence-electron chi connectivity index (χ4n) is 7.70. The standard InChI is InChI=1S/C33H61N3O6/c1-12-36-15-13-14-25(20-36)27-21-40-31(38)32(5,6)29(37)24(4)30(33(7,39-11)18-22(2)19-35(27)10)42-28-17-26(34(8)9)16-23(3)41-28/h22-28,30H,12-21H2,1-11H3/t22-,23-,24+,25?,26+,27?,28+,30-,33-/m1/s1. The molecule has 0 radical (unpaired) electrons. The van der Waals surface area contributed by atoms with Crippen LogP contribution in [-0.4, -0.2) is 124 Å². The number of esters is 1. The number of cyclic esters (lactones) is 1. The molecule has 3 aliphatic heterocycles. The summed E-state index contributed by atoms with van der Waals surface area (Å²) in [5.41, 5.74) is -2.10. The molecule has 9 heteroatoms. The van der Waals surface area contributed by atoms with Crippen LogP contribution in [0.15, 0.2) is 0 Å². The van der Waals surface area contributed by atoms with E-state index in [4.69, 9.17) is 18.9 Å². The zero-order chi connectivity index (χ0) is 31.4. The third-order valence-electron chi connectivity index (χ3n) is 10.4. The van der Waals surface area contributed by atoms with E-state index in [1.807, 2.05) is 6.92 Å². The van der Waals surface area contributed by atoms with Crippen LogP contribution in [0.4, 0.5) is 0 Å². The Hall–Kier alpha value is -1.10. The van der Waals surface area contributed by atoms with Crippen molar-refractivity contribution < 1.29 is 28.5 Å². The summed E-state index contributed by atoms with van der Waals surface area (Å²) in [4.78, 5) is 34.9. The Balaban J connectivity index is 1.96. The molecule has 3 heterocycles. The van der Waals surface area contributed by atoms with E-state index < -0.39 is 35.3 Å². The fraction of sp³-hybridized carbons (Fsp3) is 0.939. The highest BCUT2D eigenvalue weighted by molar-refractivity contribution is 6.04. The molecular formula is C33H61N3O6. The van der Waals surface area contributed by atoms with Crippen molar-refractivity contribution in [3.05, 3.63) is 0 Å². The second-order valence-electron chi connectivity index (χ2n) is 14.5. The van der Waals surface area contributed by atoms with Crippen LogP contribution >= 0.6 is 0 Å². The first kappa shape index (κ1) is 35.4. The minimum atomic E-state index is -1.33. The van der Waals surface area contributed by atoms with E-state index in [1.165, 1.54) is 0 Å². The first-order valence-corrected chi connectivity index (χ1v) is 16.3. The molecule has 9 nitrogen and oxygen atoms in total. The fourth-order valence-corrected chi connectivity index (χ4v) is 7.70. The Labute approximate surface area is 255 Å². The number of ether oxygens (including phenoxy) is 4. The average molecular weight is 596 g/mol. The lowest BCUT2D eigenvalue weighted by Gasteiger charge is -2.45. The molecule has 0 aromatic rings. The number of Topliss-reactive ketones (excluding diaryl/α,β-unsaturated/α-hetero) is 1. The number of hydrogen-bond donors (Lipinski definition) is 0. The Bertz CT molecular complexity index is 899. The van der Waals surface area contributed by atoms with Crippen LogP contribution in [-0.2, 0) is 28.5 Å². The van der Waals surface area contributed by atoms with Crippen LogP contribution in [0.1, 0.15) is 80.6 Å². The topological polar surface area (TPSA) is 80.8 Å². The van der Waals surface area contributed by atoms with Gasteiger partial charge in [-0.3, -0.25) is 14.5 Å². The van der Waals surface area contributed by atoms with E-state index in [-0.39, 0.29) is 30.5 Å². The van der Waals surface area contributed by atoms with Crippen LogP contribution in [0, 0.1) is 23.2 Å². The summed E-state index contributed by atoms with van der Waals surface area (Å²) in [6.07, 6.45) is 3.53. The molecule has 0 spiro atoms. The number of carbonyl (C=O) groups excluding carboxylic acids is 2. The molecule has 3 saturated heterocycles. The smallest absolute Gasteiger partial charge is 0.319 e. The molecule has 9 atom stereocenters. The van der Waals surface area contributed by atoms with Gasteiger partial charge in [-0.25, -0.2) is 0 Å². The minimum absolute atomic E-state index is 0.0325. The molecule has 244 valence electrons. The van der Waals surface area contributed by atoms with Crippen molar-refractivity contribution in [3.63, 3.8) is 0 Å². The lowest BCUT2D eigenvalue weighted by Crippen LogP contribution is -2.55. The monoisotopic (exact) mass is 595 g/mol. The Morgan fingerprint density at radius 3 is 2.38 bits per heavy atom. The number of ketones is 1. The number of likely N-dealkylation sites (N-methyl/N-ethyl adjacent to an activating group) is 1. The van der Waals surface area contributed by atoms with Crippen molar-refractivity contribution >= 4 is 11.8 Å². The Morgan fingerprint density at radius 2 is 1.76 bits per heavy atom. The number of carbonyl (C=O) groups is 2. The molecule has 0 N–H and O–H groups in total. The van der Waals surface area contributed by atoms with Gasteiger partial charge in [-0.2, -0.15) is 0 Å². The SMILES string of the molecule is CCN1CCCC(C2COC(=O)C(C)(C)C(=O)[C@H](C)[C@@H](O[C@H]3C[C@@H](N(C)C)C[C@@H](C)O3)[C@](C)(OC)C[C@@H](C)CN2C)C1. The molecular weight excluding hydrogens is 534 g/mol. The van der Waals surface area contributed by atoms with Crippen molar-refractivity contribution in [2.24, 2.45) is 23.2 Å². The van der Waals surface area contributed by atoms with E-state index in [9.17, 15) is 9.59 Å². The molecule has 0 amide bonds. The largest absolute Gasteiger partial charge is 0.463 e. The van der Waals surface area contributed by atoms with Crippen molar-refractivity contribution in [2.75, 3.05) is 61.0 Å². The summed E-state index contributed by atoms with van der Waals surface area (Å²) < 4.78 is 25.4. The van der Waals surface area contributed by atoms with Gasteiger partial charge in [-0.15, -0.1) is 0 Å². The average Bonchev–Trinajstić information content (AvgIpc) is 2.94. The second kappa shape index (κ2) is 14.8. The third-order valence-corrected chi connectivity index (χ3v) is 10.4. The number of nitrogens with zero attached hydrogens (tertiary/aromatic N) is 3. The van der Waals surface area contributed by atoms with Gasteiger partial charge in [0.05, 0.1) is 17.8 Å². The van der Waals surface area contributed by atoms with Gasteiger partial charge in [-0.05, 0) is 99.4 Å².